The van der Waals surface area contributed by atoms with E-state index in [0.717, 1.165) is 5.56 Å². The number of nitrogens with one attached hydrogen (secondary N) is 1. The fraction of sp³-hybridized carbons (Fsp3) is 0.0909. The Hall–Kier alpha value is -1.72. The molecule has 1 aromatic heterocycles. The van der Waals surface area contributed by atoms with Gasteiger partial charge in [0.25, 0.3) is 5.91 Å². The first kappa shape index (κ1) is 10.8. The molecule has 0 aliphatic heterocycles. The Morgan fingerprint density at radius 3 is 3.06 bits per heavy atom. The van der Waals surface area contributed by atoms with Crippen LogP contribution in [0.15, 0.2) is 35.2 Å². The van der Waals surface area contributed by atoms with Crippen molar-refractivity contribution in [3.63, 3.8) is 0 Å². The quantitative estimate of drug-likeness (QED) is 0.852. The summed E-state index contributed by atoms with van der Waals surface area (Å²) in [5.74, 6) is -0.240. The van der Waals surface area contributed by atoms with E-state index in [1.54, 1.807) is 35.2 Å². The fourth-order valence-electron chi connectivity index (χ4n) is 1.27. The third kappa shape index (κ3) is 2.44. The van der Waals surface area contributed by atoms with Crippen LogP contribution >= 0.6 is 11.3 Å². The second-order valence-electron chi connectivity index (χ2n) is 3.19. The normalized spacial score (nSPS) is 10.1. The minimum Gasteiger partial charge on any atom is -0.392 e. The molecule has 0 saturated carbocycles. The van der Waals surface area contributed by atoms with Crippen LogP contribution in [0.1, 0.15) is 16.1 Å². The number of rotatable bonds is 3. The van der Waals surface area contributed by atoms with E-state index in [0.29, 0.717) is 11.4 Å². The van der Waals surface area contributed by atoms with Gasteiger partial charge in [-0.05, 0) is 17.7 Å². The highest BCUT2D eigenvalue weighted by Gasteiger charge is 2.07. The van der Waals surface area contributed by atoms with Gasteiger partial charge >= 0.3 is 0 Å². The van der Waals surface area contributed by atoms with Crippen molar-refractivity contribution in [1.29, 1.82) is 0 Å². The molecule has 4 nitrogen and oxygen atoms in total. The number of hydrogen-bond donors (Lipinski definition) is 2. The maximum absolute atomic E-state index is 11.6. The smallest absolute Gasteiger partial charge is 0.275 e. The Bertz CT molecular complexity index is 482. The summed E-state index contributed by atoms with van der Waals surface area (Å²) in [4.78, 5) is 15.6. The monoisotopic (exact) mass is 234 g/mol. The maximum Gasteiger partial charge on any atom is 0.275 e. The van der Waals surface area contributed by atoms with Crippen molar-refractivity contribution >= 4 is 22.9 Å². The SMILES string of the molecule is O=C(Nc1cccc(CO)c1)c1cscn1. The Morgan fingerprint density at radius 2 is 2.38 bits per heavy atom. The lowest BCUT2D eigenvalue weighted by atomic mass is 10.2. The average Bonchev–Trinajstić information content (AvgIpc) is 2.83. The number of aliphatic hydroxyl groups is 1. The number of carbonyl (C=O) groups excluding carboxylic acids is 1. The third-order valence-corrected chi connectivity index (χ3v) is 2.62. The third-order valence-electron chi connectivity index (χ3n) is 2.03. The molecular formula is C11H10N2O2S. The lowest BCUT2D eigenvalue weighted by Gasteiger charge is -2.04. The van der Waals surface area contributed by atoms with Gasteiger partial charge in [0, 0.05) is 11.1 Å². The topological polar surface area (TPSA) is 62.2 Å². The molecule has 0 unspecified atom stereocenters. The van der Waals surface area contributed by atoms with Crippen molar-refractivity contribution in [2.45, 2.75) is 6.61 Å². The molecule has 82 valence electrons. The molecule has 0 aliphatic carbocycles. The number of benzene rings is 1. The summed E-state index contributed by atoms with van der Waals surface area (Å²) in [6.07, 6.45) is 0. The summed E-state index contributed by atoms with van der Waals surface area (Å²) >= 11 is 1.37. The summed E-state index contributed by atoms with van der Waals surface area (Å²) in [6, 6.07) is 7.06. The predicted octanol–water partition coefficient (Wildman–Crippen LogP) is 1.89. The zero-order valence-electron chi connectivity index (χ0n) is 8.38. The number of hydrogen-bond acceptors (Lipinski definition) is 4. The van der Waals surface area contributed by atoms with E-state index in [9.17, 15) is 4.79 Å². The van der Waals surface area contributed by atoms with Crippen LogP contribution in [0.25, 0.3) is 0 Å². The second kappa shape index (κ2) is 4.87. The Kier molecular flexibility index (Phi) is 3.28. The van der Waals surface area contributed by atoms with Crippen molar-refractivity contribution in [2.75, 3.05) is 5.32 Å². The molecule has 0 saturated heterocycles. The van der Waals surface area contributed by atoms with E-state index in [4.69, 9.17) is 5.11 Å². The molecule has 0 radical (unpaired) electrons. The van der Waals surface area contributed by atoms with E-state index in [1.165, 1.54) is 11.3 Å². The molecule has 16 heavy (non-hydrogen) atoms. The Labute approximate surface area is 96.6 Å². The number of nitrogens with zero attached hydrogens (tertiary/aromatic N) is 1. The van der Waals surface area contributed by atoms with Gasteiger partial charge in [-0.1, -0.05) is 12.1 Å². The van der Waals surface area contributed by atoms with Crippen molar-refractivity contribution in [1.82, 2.24) is 4.98 Å². The highest BCUT2D eigenvalue weighted by atomic mass is 32.1. The van der Waals surface area contributed by atoms with Gasteiger partial charge < -0.3 is 10.4 Å². The van der Waals surface area contributed by atoms with Crippen LogP contribution in [0.2, 0.25) is 0 Å². The maximum atomic E-state index is 11.6. The van der Waals surface area contributed by atoms with Crippen molar-refractivity contribution < 1.29 is 9.90 Å². The van der Waals surface area contributed by atoms with Crippen molar-refractivity contribution in [3.05, 3.63) is 46.4 Å². The van der Waals surface area contributed by atoms with Crippen LogP contribution < -0.4 is 5.32 Å². The molecule has 5 heteroatoms. The van der Waals surface area contributed by atoms with Crippen LogP contribution in [-0.4, -0.2) is 16.0 Å². The fourth-order valence-corrected chi connectivity index (χ4v) is 1.80. The lowest BCUT2D eigenvalue weighted by Crippen LogP contribution is -2.12. The largest absolute Gasteiger partial charge is 0.392 e. The predicted molar refractivity (Wildman–Crippen MR) is 62.4 cm³/mol. The lowest BCUT2D eigenvalue weighted by molar-refractivity contribution is 0.102. The average molecular weight is 234 g/mol. The minimum atomic E-state index is -0.240. The first-order chi connectivity index (χ1) is 7.79. The summed E-state index contributed by atoms with van der Waals surface area (Å²) in [6.45, 7) is -0.0413. The van der Waals surface area contributed by atoms with Gasteiger partial charge in [0.2, 0.25) is 0 Å². The van der Waals surface area contributed by atoms with Gasteiger partial charge in [-0.25, -0.2) is 4.98 Å². The van der Waals surface area contributed by atoms with Crippen molar-refractivity contribution in [3.8, 4) is 0 Å². The van der Waals surface area contributed by atoms with Gasteiger partial charge in [-0.15, -0.1) is 11.3 Å². The number of amides is 1. The highest BCUT2D eigenvalue weighted by molar-refractivity contribution is 7.07. The van der Waals surface area contributed by atoms with Crippen LogP contribution in [0.4, 0.5) is 5.69 Å². The Morgan fingerprint density at radius 1 is 1.50 bits per heavy atom. The van der Waals surface area contributed by atoms with Gasteiger partial charge in [-0.2, -0.15) is 0 Å². The molecule has 2 N–H and O–H groups in total. The number of aromatic nitrogens is 1. The first-order valence-corrected chi connectivity index (χ1v) is 5.63. The van der Waals surface area contributed by atoms with E-state index < -0.39 is 0 Å². The first-order valence-electron chi connectivity index (χ1n) is 4.69. The molecular weight excluding hydrogens is 224 g/mol. The zero-order chi connectivity index (χ0) is 11.4. The number of aliphatic hydroxyl groups excluding tert-OH is 1. The molecule has 1 heterocycles. The van der Waals surface area contributed by atoms with Crippen LogP contribution in [-0.2, 0) is 6.61 Å². The van der Waals surface area contributed by atoms with Gasteiger partial charge in [0.15, 0.2) is 0 Å². The van der Waals surface area contributed by atoms with Gasteiger partial charge in [0.1, 0.15) is 5.69 Å². The standard InChI is InChI=1S/C11H10N2O2S/c14-5-8-2-1-3-9(4-8)13-11(15)10-6-16-7-12-10/h1-4,6-7,14H,5H2,(H,13,15). The Balaban J connectivity index is 2.12. The van der Waals surface area contributed by atoms with Gasteiger partial charge in [-0.3, -0.25) is 4.79 Å². The number of anilines is 1. The number of thiazole rings is 1. The summed E-state index contributed by atoms with van der Waals surface area (Å²) < 4.78 is 0. The van der Waals surface area contributed by atoms with Crippen LogP contribution in [0, 0.1) is 0 Å². The molecule has 1 amide bonds. The van der Waals surface area contributed by atoms with Crippen LogP contribution in [0.5, 0.6) is 0 Å². The van der Waals surface area contributed by atoms with E-state index in [2.05, 4.69) is 10.3 Å². The van der Waals surface area contributed by atoms with E-state index >= 15 is 0 Å². The summed E-state index contributed by atoms with van der Waals surface area (Å²) in [7, 11) is 0. The molecule has 0 spiro atoms. The molecule has 0 fully saturated rings. The molecule has 0 aliphatic rings. The second-order valence-corrected chi connectivity index (χ2v) is 3.90. The van der Waals surface area contributed by atoms with Crippen LogP contribution in [0.3, 0.4) is 0 Å². The summed E-state index contributed by atoms with van der Waals surface area (Å²) in [5.41, 5.74) is 3.43. The van der Waals surface area contributed by atoms with Crippen molar-refractivity contribution in [2.24, 2.45) is 0 Å². The van der Waals surface area contributed by atoms with E-state index in [-0.39, 0.29) is 12.5 Å². The minimum absolute atomic E-state index is 0.0413. The molecule has 0 bridgehead atoms. The molecule has 2 rings (SSSR count). The zero-order valence-corrected chi connectivity index (χ0v) is 9.20. The van der Waals surface area contributed by atoms with E-state index in [1.807, 2.05) is 0 Å². The van der Waals surface area contributed by atoms with Gasteiger partial charge in [0.05, 0.1) is 12.1 Å². The highest BCUT2D eigenvalue weighted by Crippen LogP contribution is 2.12. The molecule has 1 aromatic carbocycles. The number of carbonyl (C=O) groups is 1. The summed E-state index contributed by atoms with van der Waals surface area (Å²) in [5, 5.41) is 13.4. The molecule has 0 atom stereocenters. The molecule has 2 aromatic rings.